The molecule has 114 valence electrons. The predicted octanol–water partition coefficient (Wildman–Crippen LogP) is 3.74. The summed E-state index contributed by atoms with van der Waals surface area (Å²) >= 11 is 3.45. The Kier molecular flexibility index (Phi) is 5.52. The van der Waals surface area contributed by atoms with Gasteiger partial charge in [-0.05, 0) is 11.3 Å². The van der Waals surface area contributed by atoms with Crippen LogP contribution >= 0.6 is 22.9 Å². The second-order valence-corrected chi connectivity index (χ2v) is 6.40. The Morgan fingerprint density at radius 3 is 2.14 bits per heavy atom. The lowest BCUT2D eigenvalue weighted by atomic mass is 10.2. The minimum Gasteiger partial charge on any atom is -0.418 e. The van der Waals surface area contributed by atoms with E-state index in [0.717, 1.165) is 5.01 Å². The monoisotopic (exact) mass is 336 g/mol. The molecule has 0 radical (unpaired) electrons. The first-order chi connectivity index (χ1) is 9.93. The minimum atomic E-state index is -6.00. The van der Waals surface area contributed by atoms with Crippen LogP contribution in [0, 0.1) is 0 Å². The largest absolute Gasteiger partial charge is 0.673 e. The van der Waals surface area contributed by atoms with Gasteiger partial charge < -0.3 is 17.3 Å². The first-order valence-corrected chi connectivity index (χ1v) is 8.00. The molecule has 1 saturated heterocycles. The summed E-state index contributed by atoms with van der Waals surface area (Å²) in [6.07, 6.45) is 2.65. The van der Waals surface area contributed by atoms with E-state index in [0.29, 0.717) is 0 Å². The molecule has 2 aromatic rings. The summed E-state index contributed by atoms with van der Waals surface area (Å²) in [6, 6.07) is 10.4. The summed E-state index contributed by atoms with van der Waals surface area (Å²) in [6.45, 7) is 2.40. The van der Waals surface area contributed by atoms with Gasteiger partial charge in [0.05, 0.1) is 0 Å². The Bertz CT molecular complexity index is 622. The Morgan fingerprint density at radius 2 is 1.57 bits per heavy atom. The van der Waals surface area contributed by atoms with Gasteiger partial charge in [0.15, 0.2) is 0 Å². The molecule has 0 aliphatic carbocycles. The molecule has 1 aromatic carbocycles. The minimum absolute atomic E-state index is 1.15. The average Bonchev–Trinajstić information content (AvgIpc) is 3.09. The van der Waals surface area contributed by atoms with E-state index in [4.69, 9.17) is 0 Å². The Balaban J connectivity index is 0.000000282. The van der Waals surface area contributed by atoms with E-state index < -0.39 is 7.25 Å². The van der Waals surface area contributed by atoms with E-state index in [1.807, 2.05) is 17.4 Å². The molecule has 2 nitrogen and oxygen atoms in total. The Morgan fingerprint density at radius 1 is 1.00 bits per heavy atom. The third-order valence-corrected chi connectivity index (χ3v) is 5.01. The van der Waals surface area contributed by atoms with Crippen molar-refractivity contribution in [1.82, 2.24) is 8.95 Å². The lowest BCUT2D eigenvalue weighted by Crippen LogP contribution is -2.21. The van der Waals surface area contributed by atoms with Crippen LogP contribution < -0.4 is 8.56 Å². The average molecular weight is 336 g/mol. The molecule has 0 unspecified atom stereocenters. The van der Waals surface area contributed by atoms with E-state index in [1.54, 1.807) is 11.5 Å². The summed E-state index contributed by atoms with van der Waals surface area (Å²) < 4.78 is 47.4. The number of hydrogen-bond donors (Lipinski definition) is 0. The Hall–Kier alpha value is -1.22. The number of rotatable bonds is 1. The highest BCUT2D eigenvalue weighted by Crippen LogP contribution is 2.19. The number of nitrogens with zero attached hydrogens (tertiary/aromatic N) is 2. The fourth-order valence-electron chi connectivity index (χ4n) is 1.91. The maximum atomic E-state index is 9.75. The lowest BCUT2D eigenvalue weighted by Gasteiger charge is -1.94. The standard InChI is InChI=1S/C12H13N2S2.BF4/c1-2-6-10(7-3-1)11-13-16-12(15-11)14-8-4-5-9-14;2-1(3,4)5/h1-3,6-7H,4-5,8-9H2;/q+1;-1. The normalized spacial score (nSPS) is 14.8. The van der Waals surface area contributed by atoms with Gasteiger partial charge in [-0.2, -0.15) is 4.37 Å². The van der Waals surface area contributed by atoms with Gasteiger partial charge in [0, 0.05) is 29.9 Å². The maximum Gasteiger partial charge on any atom is 0.673 e. The highest BCUT2D eigenvalue weighted by Gasteiger charge is 2.20. The van der Waals surface area contributed by atoms with Gasteiger partial charge in [-0.25, -0.2) is 4.58 Å². The van der Waals surface area contributed by atoms with E-state index in [9.17, 15) is 17.3 Å². The van der Waals surface area contributed by atoms with Crippen LogP contribution in [0.15, 0.2) is 30.3 Å². The quantitative estimate of drug-likeness (QED) is 0.440. The maximum absolute atomic E-state index is 9.75. The van der Waals surface area contributed by atoms with Crippen LogP contribution in [0.4, 0.5) is 17.3 Å². The van der Waals surface area contributed by atoms with Crippen molar-refractivity contribution in [2.45, 2.75) is 12.8 Å². The van der Waals surface area contributed by atoms with E-state index in [2.05, 4.69) is 33.2 Å². The number of halogens is 4. The molecule has 0 spiro atoms. The summed E-state index contributed by atoms with van der Waals surface area (Å²) in [5.74, 6) is 0. The van der Waals surface area contributed by atoms with E-state index in [1.165, 1.54) is 35.5 Å². The molecule has 0 atom stereocenters. The summed E-state index contributed by atoms with van der Waals surface area (Å²) in [5, 5.41) is 1.15. The molecule has 21 heavy (non-hydrogen) atoms. The smallest absolute Gasteiger partial charge is 0.418 e. The predicted molar refractivity (Wildman–Crippen MR) is 79.9 cm³/mol. The van der Waals surface area contributed by atoms with Crippen molar-refractivity contribution in [3.8, 4) is 10.6 Å². The van der Waals surface area contributed by atoms with Crippen LogP contribution in [0.5, 0.6) is 0 Å². The van der Waals surface area contributed by atoms with Crippen LogP contribution in [0.1, 0.15) is 12.8 Å². The van der Waals surface area contributed by atoms with Crippen LogP contribution in [0.2, 0.25) is 0 Å². The molecule has 2 heterocycles. The fraction of sp³-hybridized carbons (Fsp3) is 0.333. The van der Waals surface area contributed by atoms with Crippen molar-refractivity contribution < 1.29 is 17.3 Å². The Labute approximate surface area is 127 Å². The first kappa shape index (κ1) is 16.2. The molecule has 1 aromatic heterocycles. The summed E-state index contributed by atoms with van der Waals surface area (Å²) in [5.41, 5.74) is 1.23. The van der Waals surface area contributed by atoms with Gasteiger partial charge in [0.2, 0.25) is 0 Å². The third-order valence-electron chi connectivity index (χ3n) is 2.78. The molecule has 1 aliphatic rings. The zero-order valence-electron chi connectivity index (χ0n) is 11.0. The third kappa shape index (κ3) is 5.58. The molecule has 1 aliphatic heterocycles. The van der Waals surface area contributed by atoms with Crippen molar-refractivity contribution >= 4 is 30.1 Å². The summed E-state index contributed by atoms with van der Waals surface area (Å²) in [4.78, 5) is 0. The highest BCUT2D eigenvalue weighted by molar-refractivity contribution is 7.25. The number of aromatic nitrogens is 1. The van der Waals surface area contributed by atoms with Gasteiger partial charge in [0.25, 0.3) is 0 Å². The van der Waals surface area contributed by atoms with E-state index >= 15 is 0 Å². The molecule has 1 fully saturated rings. The van der Waals surface area contributed by atoms with Gasteiger partial charge in [0.1, 0.15) is 18.1 Å². The van der Waals surface area contributed by atoms with Crippen LogP contribution in [-0.4, -0.2) is 24.7 Å². The molecule has 0 amide bonds. The first-order valence-electron chi connectivity index (χ1n) is 6.41. The van der Waals surface area contributed by atoms with Crippen molar-refractivity contribution in [1.29, 1.82) is 0 Å². The van der Waals surface area contributed by atoms with Gasteiger partial charge in [-0.1, -0.05) is 30.3 Å². The molecule has 0 saturated carbocycles. The van der Waals surface area contributed by atoms with Gasteiger partial charge in [-0.15, -0.1) is 0 Å². The van der Waals surface area contributed by atoms with Crippen molar-refractivity contribution in [2.24, 2.45) is 0 Å². The van der Waals surface area contributed by atoms with Crippen LogP contribution in [0.3, 0.4) is 0 Å². The molecule has 0 bridgehead atoms. The SMILES string of the molecule is F[B-](F)(F)F.c1ccc(-c2nsc(=[N+]3CCCC3)s2)cc1. The lowest BCUT2D eigenvalue weighted by molar-refractivity contribution is 0.368. The molecule has 9 heteroatoms. The topological polar surface area (TPSA) is 15.9 Å². The second kappa shape index (κ2) is 7.17. The van der Waals surface area contributed by atoms with Crippen LogP contribution in [-0.2, 0) is 0 Å². The van der Waals surface area contributed by atoms with Gasteiger partial charge in [-0.3, -0.25) is 0 Å². The van der Waals surface area contributed by atoms with Crippen molar-refractivity contribution in [3.63, 3.8) is 0 Å². The van der Waals surface area contributed by atoms with Crippen molar-refractivity contribution in [3.05, 3.63) is 34.3 Å². The summed E-state index contributed by atoms with van der Waals surface area (Å²) in [7, 11) is -6.00. The molecular weight excluding hydrogens is 323 g/mol. The highest BCUT2D eigenvalue weighted by atomic mass is 32.2. The zero-order chi connectivity index (χ0) is 15.3. The second-order valence-electron chi connectivity index (χ2n) is 4.41. The zero-order valence-corrected chi connectivity index (χ0v) is 12.6. The molecular formula is C12H13BF4N2S2. The van der Waals surface area contributed by atoms with Crippen molar-refractivity contribution in [2.75, 3.05) is 13.1 Å². The number of benzene rings is 1. The van der Waals surface area contributed by atoms with E-state index in [-0.39, 0.29) is 0 Å². The fourth-order valence-corrected chi connectivity index (χ4v) is 3.97. The van der Waals surface area contributed by atoms with Gasteiger partial charge >= 0.3 is 11.2 Å². The molecule has 0 N–H and O–H groups in total. The van der Waals surface area contributed by atoms with Crippen LogP contribution in [0.25, 0.3) is 10.6 Å². The molecule has 3 rings (SSSR count). The number of hydrogen-bond acceptors (Lipinski definition) is 3.